The van der Waals surface area contributed by atoms with E-state index < -0.39 is 6.04 Å². The van der Waals surface area contributed by atoms with Gasteiger partial charge in [-0.3, -0.25) is 14.4 Å². The molecule has 2 atom stereocenters. The van der Waals surface area contributed by atoms with Gasteiger partial charge in [0.25, 0.3) is 0 Å². The third-order valence-electron chi connectivity index (χ3n) is 4.34. The van der Waals surface area contributed by atoms with Crippen LogP contribution in [0.25, 0.3) is 0 Å². The van der Waals surface area contributed by atoms with Crippen LogP contribution in [0.3, 0.4) is 0 Å². The third-order valence-corrected chi connectivity index (χ3v) is 4.34. The number of likely N-dealkylation sites (N-methyl/N-ethyl adjacent to an activating group) is 1. The Bertz CT molecular complexity index is 549. The molecule has 8 nitrogen and oxygen atoms in total. The van der Waals surface area contributed by atoms with Crippen molar-refractivity contribution in [2.75, 3.05) is 19.7 Å². The van der Waals surface area contributed by atoms with E-state index in [1.807, 2.05) is 27.7 Å². The molecule has 0 aliphatic rings. The number of ether oxygens (including phenoxy) is 1. The van der Waals surface area contributed by atoms with E-state index in [9.17, 15) is 14.4 Å². The van der Waals surface area contributed by atoms with Gasteiger partial charge in [-0.25, -0.2) is 0 Å². The summed E-state index contributed by atoms with van der Waals surface area (Å²) in [5.74, 6) is -0.404. The normalized spacial score (nSPS) is 13.8. The maximum atomic E-state index is 12.2. The lowest BCUT2D eigenvalue weighted by molar-refractivity contribution is -0.129. The monoisotopic (exact) mass is 412 g/mol. The first kappa shape index (κ1) is 26.9. The number of nitrogens with one attached hydrogen (secondary N) is 3. The van der Waals surface area contributed by atoms with Crippen molar-refractivity contribution in [3.05, 3.63) is 11.4 Å². The average Bonchev–Trinajstić information content (AvgIpc) is 2.68. The number of carbonyl (C=O) groups is 3. The average molecular weight is 413 g/mol. The quantitative estimate of drug-likeness (QED) is 0.306. The Morgan fingerprint density at radius 1 is 1.00 bits per heavy atom. The molecule has 29 heavy (non-hydrogen) atoms. The molecule has 0 rings (SSSR count). The standard InChI is InChI=1S/C21H40N4O4/c1-6-10-17(20(22)18(11-7-2)29-14-15(5)26)24-13-12-19(27)25-16(8-3)21(28)23-9-4/h16,18,24H,6-14,22H2,1-5H3,(H,23,28)(H,25,27)/b20-17-. The van der Waals surface area contributed by atoms with Gasteiger partial charge in [0.2, 0.25) is 11.8 Å². The molecule has 0 aromatic heterocycles. The Labute approximate surface area is 175 Å². The molecule has 0 aliphatic carbocycles. The molecule has 168 valence electrons. The van der Waals surface area contributed by atoms with Crippen LogP contribution in [0.5, 0.6) is 0 Å². The fraction of sp³-hybridized carbons (Fsp3) is 0.762. The smallest absolute Gasteiger partial charge is 0.242 e. The first-order valence-electron chi connectivity index (χ1n) is 10.7. The van der Waals surface area contributed by atoms with E-state index in [-0.39, 0.29) is 36.7 Å². The molecule has 2 unspecified atom stereocenters. The minimum absolute atomic E-state index is 0.0331. The topological polar surface area (TPSA) is 123 Å². The molecular formula is C21H40N4O4. The lowest BCUT2D eigenvalue weighted by Crippen LogP contribution is -2.46. The third kappa shape index (κ3) is 11.5. The molecule has 0 aromatic rings. The summed E-state index contributed by atoms with van der Waals surface area (Å²) < 4.78 is 5.68. The second-order valence-corrected chi connectivity index (χ2v) is 7.07. The van der Waals surface area contributed by atoms with Gasteiger partial charge in [0.1, 0.15) is 12.6 Å². The summed E-state index contributed by atoms with van der Waals surface area (Å²) in [6, 6.07) is -0.521. The van der Waals surface area contributed by atoms with E-state index in [0.717, 1.165) is 31.4 Å². The van der Waals surface area contributed by atoms with Crippen molar-refractivity contribution in [1.82, 2.24) is 16.0 Å². The fourth-order valence-electron chi connectivity index (χ4n) is 2.83. The number of hydrogen-bond donors (Lipinski definition) is 4. The van der Waals surface area contributed by atoms with Gasteiger partial charge in [-0.1, -0.05) is 33.6 Å². The van der Waals surface area contributed by atoms with Crippen LogP contribution in [0.4, 0.5) is 0 Å². The highest BCUT2D eigenvalue weighted by Gasteiger charge is 2.19. The zero-order valence-electron chi connectivity index (χ0n) is 18.7. The van der Waals surface area contributed by atoms with Crippen molar-refractivity contribution in [1.29, 1.82) is 0 Å². The molecule has 0 spiro atoms. The molecule has 0 fully saturated rings. The number of rotatable bonds is 16. The van der Waals surface area contributed by atoms with Gasteiger partial charge < -0.3 is 26.4 Å². The molecule has 0 saturated carbocycles. The minimum Gasteiger partial charge on any atom is -0.399 e. The molecule has 5 N–H and O–H groups in total. The SMILES string of the molecule is CCC/C(NCCC(=O)NC(CC)C(=O)NCC)=C(/N)C(CCC)OCC(C)=O. The van der Waals surface area contributed by atoms with Crippen molar-refractivity contribution in [3.63, 3.8) is 0 Å². The molecular weight excluding hydrogens is 372 g/mol. The van der Waals surface area contributed by atoms with Crippen molar-refractivity contribution < 1.29 is 19.1 Å². The number of ketones is 1. The summed E-state index contributed by atoms with van der Waals surface area (Å²) in [4.78, 5) is 35.4. The predicted octanol–water partition coefficient (Wildman–Crippen LogP) is 1.74. The molecule has 0 heterocycles. The molecule has 8 heteroatoms. The van der Waals surface area contributed by atoms with Gasteiger partial charge in [0.05, 0.1) is 11.8 Å². The van der Waals surface area contributed by atoms with Crippen molar-refractivity contribution in [3.8, 4) is 0 Å². The fourth-order valence-corrected chi connectivity index (χ4v) is 2.83. The summed E-state index contributed by atoms with van der Waals surface area (Å²) in [5, 5.41) is 8.73. The number of nitrogens with two attached hydrogens (primary N) is 1. The zero-order valence-corrected chi connectivity index (χ0v) is 18.7. The number of Topliss-reactive ketones (excluding diaryl/α,β-unsaturated/α-hetero) is 1. The van der Waals surface area contributed by atoms with Gasteiger partial charge in [-0.15, -0.1) is 0 Å². The summed E-state index contributed by atoms with van der Waals surface area (Å²) in [6.07, 6.45) is 3.65. The van der Waals surface area contributed by atoms with Crippen LogP contribution < -0.4 is 21.7 Å². The second-order valence-electron chi connectivity index (χ2n) is 7.07. The van der Waals surface area contributed by atoms with Crippen LogP contribution >= 0.6 is 0 Å². The van der Waals surface area contributed by atoms with Crippen LogP contribution in [-0.4, -0.2) is 49.4 Å². The van der Waals surface area contributed by atoms with E-state index in [0.29, 0.717) is 25.2 Å². The number of hydrogen-bond acceptors (Lipinski definition) is 6. The van der Waals surface area contributed by atoms with E-state index in [1.165, 1.54) is 6.92 Å². The summed E-state index contributed by atoms with van der Waals surface area (Å²) in [6.45, 7) is 10.2. The Balaban J connectivity index is 4.88. The lowest BCUT2D eigenvalue weighted by Gasteiger charge is -2.22. The molecule has 0 bridgehead atoms. The van der Waals surface area contributed by atoms with Gasteiger partial charge in [-0.05, 0) is 33.1 Å². The van der Waals surface area contributed by atoms with Crippen molar-refractivity contribution in [2.45, 2.75) is 85.3 Å². The Hall–Kier alpha value is -2.09. The maximum Gasteiger partial charge on any atom is 0.242 e. The number of amides is 2. The highest BCUT2D eigenvalue weighted by Crippen LogP contribution is 2.15. The van der Waals surface area contributed by atoms with Crippen LogP contribution in [0.1, 0.15) is 73.1 Å². The zero-order chi connectivity index (χ0) is 22.2. The largest absolute Gasteiger partial charge is 0.399 e. The van der Waals surface area contributed by atoms with E-state index >= 15 is 0 Å². The summed E-state index contributed by atoms with van der Waals surface area (Å²) in [5.41, 5.74) is 7.77. The van der Waals surface area contributed by atoms with Crippen LogP contribution in [0.15, 0.2) is 11.4 Å². The molecule has 0 saturated heterocycles. The van der Waals surface area contributed by atoms with Gasteiger partial charge in [0.15, 0.2) is 5.78 Å². The Kier molecular flexibility index (Phi) is 14.7. The van der Waals surface area contributed by atoms with Gasteiger partial charge in [0, 0.05) is 25.2 Å². The minimum atomic E-state index is -0.521. The van der Waals surface area contributed by atoms with Crippen LogP contribution in [0.2, 0.25) is 0 Å². The van der Waals surface area contributed by atoms with Gasteiger partial charge in [-0.2, -0.15) is 0 Å². The molecule has 0 aromatic carbocycles. The number of carbonyl (C=O) groups excluding carboxylic acids is 3. The highest BCUT2D eigenvalue weighted by atomic mass is 16.5. The molecule has 2 amide bonds. The highest BCUT2D eigenvalue weighted by molar-refractivity contribution is 5.87. The lowest BCUT2D eigenvalue weighted by atomic mass is 10.1. The molecule has 0 aliphatic heterocycles. The Morgan fingerprint density at radius 2 is 1.69 bits per heavy atom. The van der Waals surface area contributed by atoms with Crippen molar-refractivity contribution in [2.24, 2.45) is 5.73 Å². The van der Waals surface area contributed by atoms with E-state index in [4.69, 9.17) is 10.5 Å². The molecule has 0 radical (unpaired) electrons. The van der Waals surface area contributed by atoms with Gasteiger partial charge >= 0.3 is 0 Å². The van der Waals surface area contributed by atoms with E-state index in [1.54, 1.807) is 0 Å². The Morgan fingerprint density at radius 3 is 2.21 bits per heavy atom. The first-order chi connectivity index (χ1) is 13.8. The summed E-state index contributed by atoms with van der Waals surface area (Å²) in [7, 11) is 0. The first-order valence-corrected chi connectivity index (χ1v) is 10.7. The van der Waals surface area contributed by atoms with Crippen LogP contribution in [-0.2, 0) is 19.1 Å². The van der Waals surface area contributed by atoms with E-state index in [2.05, 4.69) is 16.0 Å². The second kappa shape index (κ2) is 15.8. The summed E-state index contributed by atoms with van der Waals surface area (Å²) >= 11 is 0. The number of allylic oxidation sites excluding steroid dienone is 1. The maximum absolute atomic E-state index is 12.2. The predicted molar refractivity (Wildman–Crippen MR) is 115 cm³/mol. The van der Waals surface area contributed by atoms with Crippen LogP contribution in [0, 0.1) is 0 Å². The van der Waals surface area contributed by atoms with Crippen molar-refractivity contribution >= 4 is 17.6 Å².